The van der Waals surface area contributed by atoms with Gasteiger partial charge in [0.1, 0.15) is 16.5 Å². The van der Waals surface area contributed by atoms with Crippen molar-refractivity contribution >= 4 is 29.0 Å². The third kappa shape index (κ3) is 7.58. The van der Waals surface area contributed by atoms with E-state index in [1.54, 1.807) is 30.2 Å². The standard InChI is InChI=1S/C31H28F3N5O3S2/c1-41-25-12-11-21(15-26(25)42-2)13-14-35-29(40)24-18-43-28(36-24)19-44-30-38-37-27(16-20-7-4-3-5-8-20)39(30)23-10-6-9-22(17-23)31(32,33)34/h3-12,15,17-18H,13-14,16,19H2,1-2H3,(H,35,40). The minimum absolute atomic E-state index is 0.294. The maximum absolute atomic E-state index is 13.5. The number of carbonyl (C=O) groups excluding carboxylic acids is 1. The van der Waals surface area contributed by atoms with E-state index in [1.807, 2.05) is 48.5 Å². The highest BCUT2D eigenvalue weighted by atomic mass is 32.2. The number of alkyl halides is 3. The van der Waals surface area contributed by atoms with Crippen molar-refractivity contribution in [1.82, 2.24) is 25.1 Å². The van der Waals surface area contributed by atoms with Gasteiger partial charge in [-0.2, -0.15) is 13.2 Å². The van der Waals surface area contributed by atoms with E-state index >= 15 is 0 Å². The Morgan fingerprint density at radius 3 is 2.50 bits per heavy atom. The van der Waals surface area contributed by atoms with Crippen LogP contribution in [0.1, 0.15) is 38.0 Å². The van der Waals surface area contributed by atoms with Gasteiger partial charge in [0.2, 0.25) is 0 Å². The van der Waals surface area contributed by atoms with Gasteiger partial charge in [0.25, 0.3) is 5.91 Å². The van der Waals surface area contributed by atoms with Crippen LogP contribution in [0.15, 0.2) is 83.3 Å². The maximum Gasteiger partial charge on any atom is 0.416 e. The summed E-state index contributed by atoms with van der Waals surface area (Å²) in [4.78, 5) is 17.2. The first-order valence-corrected chi connectivity index (χ1v) is 15.3. The first-order chi connectivity index (χ1) is 21.2. The van der Waals surface area contributed by atoms with Gasteiger partial charge in [-0.15, -0.1) is 21.5 Å². The fourth-order valence-corrected chi connectivity index (χ4v) is 6.19. The lowest BCUT2D eigenvalue weighted by Gasteiger charge is -2.13. The lowest BCUT2D eigenvalue weighted by atomic mass is 10.1. The van der Waals surface area contributed by atoms with Gasteiger partial charge in [-0.3, -0.25) is 9.36 Å². The molecule has 2 heterocycles. The monoisotopic (exact) mass is 639 g/mol. The van der Waals surface area contributed by atoms with Crippen molar-refractivity contribution in [1.29, 1.82) is 0 Å². The van der Waals surface area contributed by atoms with Gasteiger partial charge in [-0.1, -0.05) is 54.2 Å². The van der Waals surface area contributed by atoms with E-state index < -0.39 is 11.7 Å². The van der Waals surface area contributed by atoms with E-state index in [4.69, 9.17) is 9.47 Å². The molecular weight excluding hydrogens is 612 g/mol. The Morgan fingerprint density at radius 2 is 1.75 bits per heavy atom. The predicted octanol–water partition coefficient (Wildman–Crippen LogP) is 6.62. The number of amides is 1. The van der Waals surface area contributed by atoms with Crippen molar-refractivity contribution < 1.29 is 27.4 Å². The molecule has 0 unspecified atom stereocenters. The summed E-state index contributed by atoms with van der Waals surface area (Å²) in [5.74, 6) is 1.82. The normalized spacial score (nSPS) is 11.4. The Morgan fingerprint density at radius 1 is 0.955 bits per heavy atom. The van der Waals surface area contributed by atoms with Crippen molar-refractivity contribution in [2.45, 2.75) is 29.9 Å². The average molecular weight is 640 g/mol. The third-order valence-electron chi connectivity index (χ3n) is 6.59. The van der Waals surface area contributed by atoms with Crippen LogP contribution < -0.4 is 14.8 Å². The Bertz CT molecular complexity index is 1720. The topological polar surface area (TPSA) is 91.2 Å². The summed E-state index contributed by atoms with van der Waals surface area (Å²) in [6, 6.07) is 20.2. The van der Waals surface area contributed by atoms with Crippen molar-refractivity contribution in [2.24, 2.45) is 0 Å². The van der Waals surface area contributed by atoms with E-state index in [9.17, 15) is 18.0 Å². The highest BCUT2D eigenvalue weighted by Gasteiger charge is 2.31. The zero-order valence-electron chi connectivity index (χ0n) is 23.8. The zero-order valence-corrected chi connectivity index (χ0v) is 25.4. The molecule has 2 aromatic heterocycles. The van der Waals surface area contributed by atoms with Gasteiger partial charge >= 0.3 is 6.18 Å². The Hall–Kier alpha value is -4.36. The minimum Gasteiger partial charge on any atom is -0.493 e. The van der Waals surface area contributed by atoms with Crippen LogP contribution >= 0.6 is 23.1 Å². The van der Waals surface area contributed by atoms with Crippen LogP contribution in [0.3, 0.4) is 0 Å². The van der Waals surface area contributed by atoms with E-state index in [0.717, 1.165) is 23.3 Å². The summed E-state index contributed by atoms with van der Waals surface area (Å²) in [7, 11) is 3.14. The Kier molecular flexibility index (Phi) is 9.85. The van der Waals surface area contributed by atoms with E-state index in [2.05, 4.69) is 20.5 Å². The number of hydrogen-bond acceptors (Lipinski definition) is 8. The average Bonchev–Trinajstić information content (AvgIpc) is 3.67. The van der Waals surface area contributed by atoms with Crippen LogP contribution in [0.5, 0.6) is 11.5 Å². The number of nitrogens with zero attached hydrogens (tertiary/aromatic N) is 4. The first kappa shape index (κ1) is 31.1. The quantitative estimate of drug-likeness (QED) is 0.154. The number of benzene rings is 3. The summed E-state index contributed by atoms with van der Waals surface area (Å²) >= 11 is 2.61. The number of thioether (sulfide) groups is 1. The predicted molar refractivity (Wildman–Crippen MR) is 163 cm³/mol. The molecule has 1 amide bonds. The fourth-order valence-electron chi connectivity index (χ4n) is 4.42. The maximum atomic E-state index is 13.5. The number of halogens is 3. The molecule has 0 saturated heterocycles. The van der Waals surface area contributed by atoms with E-state index in [-0.39, 0.29) is 5.91 Å². The number of carbonyl (C=O) groups is 1. The van der Waals surface area contributed by atoms with Gasteiger partial charge in [-0.25, -0.2) is 4.98 Å². The molecule has 1 N–H and O–H groups in total. The van der Waals surface area contributed by atoms with Crippen LogP contribution in [0, 0.1) is 0 Å². The molecule has 13 heteroatoms. The molecule has 0 aliphatic rings. The molecule has 0 bridgehead atoms. The molecule has 5 aromatic rings. The van der Waals surface area contributed by atoms with Gasteiger partial charge in [-0.05, 0) is 47.9 Å². The van der Waals surface area contributed by atoms with E-state index in [0.29, 0.717) is 64.0 Å². The van der Waals surface area contributed by atoms with Crippen LogP contribution in [-0.4, -0.2) is 46.4 Å². The molecule has 8 nitrogen and oxygen atoms in total. The fraction of sp³-hybridized carbons (Fsp3) is 0.226. The number of thiazole rings is 1. The van der Waals surface area contributed by atoms with Crippen molar-refractivity contribution in [3.63, 3.8) is 0 Å². The third-order valence-corrected chi connectivity index (χ3v) is 8.57. The second-order valence-corrected chi connectivity index (χ2v) is 11.4. The first-order valence-electron chi connectivity index (χ1n) is 13.5. The van der Waals surface area contributed by atoms with Gasteiger partial charge in [0.05, 0.1) is 31.2 Å². The van der Waals surface area contributed by atoms with Crippen LogP contribution in [0.4, 0.5) is 13.2 Å². The van der Waals surface area contributed by atoms with Crippen molar-refractivity contribution in [2.75, 3.05) is 20.8 Å². The lowest BCUT2D eigenvalue weighted by Crippen LogP contribution is -2.26. The molecule has 0 aliphatic carbocycles. The SMILES string of the molecule is COc1ccc(CCNC(=O)c2csc(CSc3nnc(Cc4ccccc4)n3-c3cccc(C(F)(F)F)c3)n2)cc1OC. The van der Waals surface area contributed by atoms with Gasteiger partial charge < -0.3 is 14.8 Å². The smallest absolute Gasteiger partial charge is 0.416 e. The summed E-state index contributed by atoms with van der Waals surface area (Å²) in [5, 5.41) is 14.3. The highest BCUT2D eigenvalue weighted by molar-refractivity contribution is 7.98. The molecule has 0 spiro atoms. The summed E-state index contributed by atoms with van der Waals surface area (Å²) in [6.45, 7) is 0.403. The summed E-state index contributed by atoms with van der Waals surface area (Å²) in [6.07, 6.45) is -3.51. The highest BCUT2D eigenvalue weighted by Crippen LogP contribution is 2.33. The number of methoxy groups -OCH3 is 2. The largest absolute Gasteiger partial charge is 0.493 e. The number of aromatic nitrogens is 4. The van der Waals surface area contributed by atoms with Crippen molar-refractivity contribution in [3.05, 3.63) is 111 Å². The Labute approximate surface area is 260 Å². The molecule has 0 radical (unpaired) electrons. The number of hydrogen-bond donors (Lipinski definition) is 1. The van der Waals surface area contributed by atoms with Crippen LogP contribution in [0.25, 0.3) is 5.69 Å². The van der Waals surface area contributed by atoms with Gasteiger partial charge in [0, 0.05) is 18.3 Å². The molecule has 5 rings (SSSR count). The lowest BCUT2D eigenvalue weighted by molar-refractivity contribution is -0.137. The minimum atomic E-state index is -4.49. The zero-order chi connectivity index (χ0) is 31.1. The number of nitrogens with one attached hydrogen (secondary N) is 1. The second-order valence-electron chi connectivity index (χ2n) is 9.56. The Balaban J connectivity index is 1.26. The van der Waals surface area contributed by atoms with E-state index in [1.165, 1.54) is 29.2 Å². The van der Waals surface area contributed by atoms with Gasteiger partial charge in [0.15, 0.2) is 16.7 Å². The molecule has 228 valence electrons. The molecular formula is C31H28F3N5O3S2. The van der Waals surface area contributed by atoms with Crippen LogP contribution in [0.2, 0.25) is 0 Å². The molecule has 0 saturated carbocycles. The van der Waals surface area contributed by atoms with Crippen LogP contribution in [-0.2, 0) is 24.8 Å². The second kappa shape index (κ2) is 14.0. The number of rotatable bonds is 12. The molecule has 44 heavy (non-hydrogen) atoms. The van der Waals surface area contributed by atoms with Crippen molar-refractivity contribution in [3.8, 4) is 17.2 Å². The summed E-state index contributed by atoms with van der Waals surface area (Å²) < 4.78 is 52.8. The molecule has 0 atom stereocenters. The summed E-state index contributed by atoms with van der Waals surface area (Å²) in [5.41, 5.74) is 1.78. The molecule has 3 aromatic carbocycles. The number of ether oxygens (including phenoxy) is 2. The molecule has 0 fully saturated rings. The molecule has 0 aliphatic heterocycles.